The Morgan fingerprint density at radius 1 is 1.12 bits per heavy atom. The highest BCUT2D eigenvalue weighted by Crippen LogP contribution is 2.24. The Morgan fingerprint density at radius 3 is 2.71 bits per heavy atom. The fourth-order valence-electron chi connectivity index (χ4n) is 2.42. The molecular weight excluding hydrogens is 311 g/mol. The number of oxazole rings is 1. The van der Waals surface area contributed by atoms with Gasteiger partial charge in [0.1, 0.15) is 11.3 Å². The van der Waals surface area contributed by atoms with Gasteiger partial charge in [-0.05, 0) is 24.3 Å². The highest BCUT2D eigenvalue weighted by Gasteiger charge is 2.14. The summed E-state index contributed by atoms with van der Waals surface area (Å²) >= 11 is 0. The molecule has 0 aliphatic heterocycles. The molecule has 0 fully saturated rings. The molecule has 0 unspecified atom stereocenters. The van der Waals surface area contributed by atoms with Crippen molar-refractivity contribution in [3.63, 3.8) is 0 Å². The third-order valence-corrected chi connectivity index (χ3v) is 3.55. The molecule has 0 aliphatic rings. The number of nitrogens with one attached hydrogen (secondary N) is 1. The van der Waals surface area contributed by atoms with Crippen LogP contribution in [0.4, 0.5) is 10.1 Å². The minimum atomic E-state index is -0.579. The van der Waals surface area contributed by atoms with E-state index in [1.807, 2.05) is 0 Å². The quantitative estimate of drug-likeness (QED) is 0.722. The Bertz CT molecular complexity index is 918. The van der Waals surface area contributed by atoms with E-state index in [-0.39, 0.29) is 24.3 Å². The van der Waals surface area contributed by atoms with Crippen LogP contribution in [0.5, 0.6) is 0 Å². The van der Waals surface area contributed by atoms with E-state index in [1.165, 1.54) is 18.2 Å². The van der Waals surface area contributed by atoms with Crippen LogP contribution >= 0.6 is 0 Å². The first-order chi connectivity index (χ1) is 11.5. The number of halogens is 1. The molecule has 0 saturated carbocycles. The molecule has 0 spiro atoms. The lowest BCUT2D eigenvalue weighted by Crippen LogP contribution is -2.14. The van der Waals surface area contributed by atoms with E-state index in [2.05, 4.69) is 10.3 Å². The number of hydrogen-bond donors (Lipinski definition) is 1. The second-order valence-electron chi connectivity index (χ2n) is 5.34. The van der Waals surface area contributed by atoms with Crippen LogP contribution in [-0.2, 0) is 4.79 Å². The summed E-state index contributed by atoms with van der Waals surface area (Å²) in [5.74, 6) is -0.829. The Balaban J connectivity index is 1.65. The fraction of sp³-hybridized carbons (Fsp3) is 0.167. The van der Waals surface area contributed by atoms with Gasteiger partial charge < -0.3 is 9.73 Å². The molecule has 0 saturated heterocycles. The molecule has 0 bridgehead atoms. The van der Waals surface area contributed by atoms with E-state index in [0.717, 1.165) is 0 Å². The van der Waals surface area contributed by atoms with Gasteiger partial charge in [-0.1, -0.05) is 18.2 Å². The number of carbonyl (C=O) groups is 2. The number of ketones is 1. The van der Waals surface area contributed by atoms with E-state index < -0.39 is 11.6 Å². The van der Waals surface area contributed by atoms with Gasteiger partial charge in [0.05, 0.1) is 11.3 Å². The van der Waals surface area contributed by atoms with Crippen LogP contribution < -0.4 is 5.32 Å². The summed E-state index contributed by atoms with van der Waals surface area (Å²) in [6.07, 6.45) is -0.116. The molecule has 24 heavy (non-hydrogen) atoms. The zero-order valence-corrected chi connectivity index (χ0v) is 13.0. The number of Topliss-reactive ketones (excluding diaryl/α,β-unsaturated/α-hetero) is 1. The summed E-state index contributed by atoms with van der Waals surface area (Å²) in [6.45, 7) is 1.72. The number of rotatable bonds is 5. The second-order valence-corrected chi connectivity index (χ2v) is 5.34. The minimum absolute atomic E-state index is 0.00161. The number of fused-ring (bicyclic) bond motifs is 1. The summed E-state index contributed by atoms with van der Waals surface area (Å²) < 4.78 is 19.0. The predicted molar refractivity (Wildman–Crippen MR) is 87.3 cm³/mol. The number of para-hydroxylation sites is 1. The van der Waals surface area contributed by atoms with Crippen molar-refractivity contribution in [2.24, 2.45) is 0 Å². The molecule has 5 nitrogen and oxygen atoms in total. The van der Waals surface area contributed by atoms with E-state index in [1.54, 1.807) is 31.2 Å². The summed E-state index contributed by atoms with van der Waals surface area (Å²) in [5.41, 5.74) is 1.63. The molecule has 0 aliphatic carbocycles. The molecule has 1 amide bonds. The Hall–Kier alpha value is -3.02. The summed E-state index contributed by atoms with van der Waals surface area (Å²) in [6, 6.07) is 11.0. The predicted octanol–water partition coefficient (Wildman–Crippen LogP) is 3.88. The van der Waals surface area contributed by atoms with Crippen LogP contribution in [0.25, 0.3) is 11.1 Å². The summed E-state index contributed by atoms with van der Waals surface area (Å²) in [7, 11) is 0. The van der Waals surface area contributed by atoms with Crippen LogP contribution in [0.3, 0.4) is 0 Å². The van der Waals surface area contributed by atoms with Crippen molar-refractivity contribution in [2.45, 2.75) is 19.8 Å². The highest BCUT2D eigenvalue weighted by molar-refractivity contribution is 6.02. The van der Waals surface area contributed by atoms with Crippen molar-refractivity contribution in [1.29, 1.82) is 0 Å². The smallest absolute Gasteiger partial charge is 0.224 e. The first-order valence-corrected chi connectivity index (χ1v) is 7.48. The number of nitrogens with zero attached hydrogens (tertiary/aromatic N) is 1. The van der Waals surface area contributed by atoms with E-state index in [4.69, 9.17) is 4.42 Å². The maximum absolute atomic E-state index is 13.5. The monoisotopic (exact) mass is 326 g/mol. The van der Waals surface area contributed by atoms with Gasteiger partial charge in [-0.2, -0.15) is 0 Å². The van der Waals surface area contributed by atoms with Gasteiger partial charge in [-0.25, -0.2) is 9.37 Å². The Labute approximate surface area is 137 Å². The number of amides is 1. The Kier molecular flexibility index (Phi) is 4.37. The van der Waals surface area contributed by atoms with Crippen molar-refractivity contribution >= 4 is 28.5 Å². The molecule has 0 radical (unpaired) electrons. The molecule has 1 heterocycles. The number of hydrogen-bond acceptors (Lipinski definition) is 4. The molecule has 0 atom stereocenters. The van der Waals surface area contributed by atoms with Crippen molar-refractivity contribution in [3.8, 4) is 0 Å². The second kappa shape index (κ2) is 6.62. The lowest BCUT2D eigenvalue weighted by Gasteiger charge is -2.05. The first kappa shape index (κ1) is 15.9. The van der Waals surface area contributed by atoms with Crippen molar-refractivity contribution in [1.82, 2.24) is 4.98 Å². The standard InChI is InChI=1S/C18H15FN2O3/c1-11-20-14-7-4-8-15(18(14)24-11)21-17(23)10-9-16(22)12-5-2-3-6-13(12)19/h2-8H,9-10H2,1H3,(H,21,23). The van der Waals surface area contributed by atoms with E-state index >= 15 is 0 Å². The molecule has 1 N–H and O–H groups in total. The molecule has 122 valence electrons. The van der Waals surface area contributed by atoms with Gasteiger partial charge in [0, 0.05) is 19.8 Å². The van der Waals surface area contributed by atoms with E-state index in [9.17, 15) is 14.0 Å². The largest absolute Gasteiger partial charge is 0.439 e. The summed E-state index contributed by atoms with van der Waals surface area (Å²) in [5, 5.41) is 2.70. The zero-order valence-electron chi connectivity index (χ0n) is 13.0. The third kappa shape index (κ3) is 3.32. The number of aromatic nitrogens is 1. The first-order valence-electron chi connectivity index (χ1n) is 7.48. The summed E-state index contributed by atoms with van der Waals surface area (Å²) in [4.78, 5) is 28.2. The lowest BCUT2D eigenvalue weighted by molar-refractivity contribution is -0.116. The van der Waals surface area contributed by atoms with Crippen molar-refractivity contribution in [2.75, 3.05) is 5.32 Å². The number of aryl methyl sites for hydroxylation is 1. The fourth-order valence-corrected chi connectivity index (χ4v) is 2.42. The molecular formula is C18H15FN2O3. The van der Waals surface area contributed by atoms with Crippen LogP contribution in [0, 0.1) is 12.7 Å². The average Bonchev–Trinajstić information content (AvgIpc) is 2.94. The maximum Gasteiger partial charge on any atom is 0.224 e. The number of carbonyl (C=O) groups excluding carboxylic acids is 2. The zero-order chi connectivity index (χ0) is 17.1. The van der Waals surface area contributed by atoms with Gasteiger partial charge >= 0.3 is 0 Å². The van der Waals surface area contributed by atoms with Crippen molar-refractivity contribution in [3.05, 3.63) is 59.7 Å². The third-order valence-electron chi connectivity index (χ3n) is 3.55. The molecule has 2 aromatic carbocycles. The van der Waals surface area contributed by atoms with Gasteiger partial charge in [0.15, 0.2) is 17.3 Å². The maximum atomic E-state index is 13.5. The lowest BCUT2D eigenvalue weighted by atomic mass is 10.1. The molecule has 6 heteroatoms. The molecule has 3 rings (SSSR count). The average molecular weight is 326 g/mol. The number of benzene rings is 2. The van der Waals surface area contributed by atoms with Gasteiger partial charge in [0.2, 0.25) is 5.91 Å². The van der Waals surface area contributed by atoms with Crippen molar-refractivity contribution < 1.29 is 18.4 Å². The van der Waals surface area contributed by atoms with Gasteiger partial charge in [-0.15, -0.1) is 0 Å². The highest BCUT2D eigenvalue weighted by atomic mass is 19.1. The minimum Gasteiger partial charge on any atom is -0.439 e. The van der Waals surface area contributed by atoms with Crippen LogP contribution in [0.2, 0.25) is 0 Å². The van der Waals surface area contributed by atoms with Gasteiger partial charge in [-0.3, -0.25) is 9.59 Å². The topological polar surface area (TPSA) is 72.2 Å². The SMILES string of the molecule is Cc1nc2cccc(NC(=O)CCC(=O)c3ccccc3F)c2o1. The van der Waals surface area contributed by atoms with E-state index in [0.29, 0.717) is 22.7 Å². The van der Waals surface area contributed by atoms with Crippen LogP contribution in [0.1, 0.15) is 29.1 Å². The van der Waals surface area contributed by atoms with Crippen LogP contribution in [-0.4, -0.2) is 16.7 Å². The Morgan fingerprint density at radius 2 is 1.92 bits per heavy atom. The molecule has 3 aromatic rings. The van der Waals surface area contributed by atoms with Gasteiger partial charge in [0.25, 0.3) is 0 Å². The number of anilines is 1. The normalized spacial score (nSPS) is 10.8. The molecule has 1 aromatic heterocycles. The van der Waals surface area contributed by atoms with Crippen LogP contribution in [0.15, 0.2) is 46.9 Å².